The van der Waals surface area contributed by atoms with Gasteiger partial charge in [-0.2, -0.15) is 31.4 Å². The van der Waals surface area contributed by atoms with Crippen molar-refractivity contribution in [1.29, 1.82) is 0 Å². The van der Waals surface area contributed by atoms with Crippen molar-refractivity contribution in [3.63, 3.8) is 0 Å². The first-order chi connectivity index (χ1) is 19.2. The normalized spacial score (nSPS) is 15.4. The maximum Gasteiger partial charge on any atom is 0.490 e. The molecule has 10 nitrogen and oxygen atoms in total. The molecule has 41 heavy (non-hydrogen) atoms. The Morgan fingerprint density at radius 1 is 0.902 bits per heavy atom. The van der Waals surface area contributed by atoms with Gasteiger partial charge in [0.15, 0.2) is 11.5 Å². The van der Waals surface area contributed by atoms with Gasteiger partial charge in [0.2, 0.25) is 0 Å². The third-order valence-electron chi connectivity index (χ3n) is 5.58. The second kappa shape index (κ2) is 13.2. The van der Waals surface area contributed by atoms with Gasteiger partial charge in [-0.1, -0.05) is 12.1 Å². The van der Waals surface area contributed by atoms with Crippen LogP contribution in [0.5, 0.6) is 0 Å². The summed E-state index contributed by atoms with van der Waals surface area (Å²) < 4.78 is 65.4. The number of pyridine rings is 3. The molecule has 1 unspecified atom stereocenters. The fourth-order valence-corrected chi connectivity index (χ4v) is 3.69. The van der Waals surface area contributed by atoms with Gasteiger partial charge in [0.05, 0.1) is 5.69 Å². The van der Waals surface area contributed by atoms with Crippen LogP contribution in [0.2, 0.25) is 0 Å². The van der Waals surface area contributed by atoms with Crippen LogP contribution in [-0.2, 0) is 16.1 Å². The van der Waals surface area contributed by atoms with Crippen molar-refractivity contribution >= 4 is 17.6 Å². The van der Waals surface area contributed by atoms with E-state index >= 15 is 0 Å². The van der Waals surface area contributed by atoms with Gasteiger partial charge in [0, 0.05) is 54.9 Å². The van der Waals surface area contributed by atoms with Gasteiger partial charge in [-0.15, -0.1) is 0 Å². The Bertz CT molecular complexity index is 1420. The number of aliphatic carboxylic acids is 2. The molecule has 1 atom stereocenters. The second-order valence-corrected chi connectivity index (χ2v) is 8.58. The van der Waals surface area contributed by atoms with Crippen LogP contribution in [-0.4, -0.2) is 77.1 Å². The summed E-state index contributed by atoms with van der Waals surface area (Å²) in [4.78, 5) is 33.6. The largest absolute Gasteiger partial charge is 0.490 e. The number of rotatable bonds is 4. The van der Waals surface area contributed by atoms with Gasteiger partial charge >= 0.3 is 24.3 Å². The van der Waals surface area contributed by atoms with Crippen molar-refractivity contribution in [2.24, 2.45) is 0 Å². The molecule has 0 amide bonds. The average Bonchev–Trinajstić information content (AvgIpc) is 3.56. The van der Waals surface area contributed by atoms with Crippen LogP contribution in [0.4, 0.5) is 26.3 Å². The molecule has 16 heteroatoms. The summed E-state index contributed by atoms with van der Waals surface area (Å²) in [5, 5.41) is 19.0. The van der Waals surface area contributed by atoms with Crippen molar-refractivity contribution in [2.75, 3.05) is 13.1 Å². The minimum absolute atomic E-state index is 0.371. The van der Waals surface area contributed by atoms with Gasteiger partial charge in [-0.25, -0.2) is 19.1 Å². The van der Waals surface area contributed by atoms with E-state index in [9.17, 15) is 26.3 Å². The quantitative estimate of drug-likeness (QED) is 0.334. The maximum absolute atomic E-state index is 10.6. The Morgan fingerprint density at radius 3 is 2.15 bits per heavy atom. The Morgan fingerprint density at radius 2 is 1.59 bits per heavy atom. The summed E-state index contributed by atoms with van der Waals surface area (Å²) >= 11 is 0. The van der Waals surface area contributed by atoms with Crippen LogP contribution >= 0.6 is 0 Å². The minimum Gasteiger partial charge on any atom is -0.475 e. The zero-order valence-electron chi connectivity index (χ0n) is 20.9. The molecule has 0 spiro atoms. The molecule has 1 aliphatic rings. The molecule has 5 heterocycles. The summed E-state index contributed by atoms with van der Waals surface area (Å²) in [7, 11) is 0. The lowest BCUT2D eigenvalue weighted by Crippen LogP contribution is -2.21. The number of nitrogens with zero attached hydrogens (tertiary/aromatic N) is 6. The number of carbonyl (C=O) groups is 2. The van der Waals surface area contributed by atoms with E-state index in [0.717, 1.165) is 54.3 Å². The molecule has 1 fully saturated rings. The monoisotopic (exact) mass is 584 g/mol. The fraction of sp³-hybridized carbons (Fsp3) is 0.280. The van der Waals surface area contributed by atoms with Crippen molar-refractivity contribution in [3.05, 3.63) is 78.8 Å². The SMILES string of the molecule is O=C(O)C(F)(F)F.O=C(O)C(F)(F)F.c1ccc(CN2CCC(c3nc4ccc(-c5cccnc5)cn4n3)C2)nc1. The van der Waals surface area contributed by atoms with Gasteiger partial charge in [0.25, 0.3) is 0 Å². The molecule has 0 aromatic carbocycles. The van der Waals surface area contributed by atoms with E-state index in [1.165, 1.54) is 0 Å². The molecule has 2 N–H and O–H groups in total. The zero-order chi connectivity index (χ0) is 30.2. The number of alkyl halides is 6. The molecule has 218 valence electrons. The summed E-state index contributed by atoms with van der Waals surface area (Å²) in [6.45, 7) is 2.91. The number of carboxylic acid groups (broad SMARTS) is 2. The number of carboxylic acids is 2. The van der Waals surface area contributed by atoms with Crippen molar-refractivity contribution in [3.8, 4) is 11.1 Å². The fourth-order valence-electron chi connectivity index (χ4n) is 3.69. The smallest absolute Gasteiger partial charge is 0.475 e. The van der Waals surface area contributed by atoms with Gasteiger partial charge < -0.3 is 10.2 Å². The molecule has 4 aromatic heterocycles. The molecule has 0 bridgehead atoms. The predicted molar refractivity (Wildman–Crippen MR) is 130 cm³/mol. The number of fused-ring (bicyclic) bond motifs is 1. The highest BCUT2D eigenvalue weighted by Crippen LogP contribution is 2.27. The first-order valence-corrected chi connectivity index (χ1v) is 11.7. The third kappa shape index (κ3) is 9.23. The lowest BCUT2D eigenvalue weighted by Gasteiger charge is -2.14. The van der Waals surface area contributed by atoms with Crippen LogP contribution in [0, 0.1) is 0 Å². The first-order valence-electron chi connectivity index (χ1n) is 11.7. The van der Waals surface area contributed by atoms with Crippen molar-refractivity contribution in [1.82, 2.24) is 29.5 Å². The molecular formula is C25H22F6N6O4. The van der Waals surface area contributed by atoms with Gasteiger partial charge in [0.1, 0.15) is 0 Å². The number of halogens is 6. The lowest BCUT2D eigenvalue weighted by atomic mass is 10.1. The van der Waals surface area contributed by atoms with Crippen molar-refractivity contribution < 1.29 is 46.1 Å². The highest BCUT2D eigenvalue weighted by molar-refractivity contribution is 5.73. The average molecular weight is 584 g/mol. The maximum atomic E-state index is 10.6. The zero-order valence-corrected chi connectivity index (χ0v) is 20.9. The molecule has 1 aliphatic heterocycles. The van der Waals surface area contributed by atoms with E-state index in [4.69, 9.17) is 29.9 Å². The standard InChI is InChI=1S/C21H20N6.2C2HF3O2/c1-2-10-23-19(5-1)15-26-11-8-18(13-26)21-24-20-7-6-17(14-27(20)25-21)16-4-3-9-22-12-16;2*3-2(4,5)1(6)7/h1-7,9-10,12,14,18H,8,11,13,15H2;2*(H,6,7). The van der Waals surface area contributed by atoms with E-state index in [0.29, 0.717) is 5.92 Å². The molecule has 0 radical (unpaired) electrons. The highest BCUT2D eigenvalue weighted by atomic mass is 19.4. The second-order valence-electron chi connectivity index (χ2n) is 8.58. The number of likely N-dealkylation sites (tertiary alicyclic amines) is 1. The first kappa shape index (κ1) is 30.9. The van der Waals surface area contributed by atoms with Crippen LogP contribution in [0.15, 0.2) is 67.3 Å². The highest BCUT2D eigenvalue weighted by Gasteiger charge is 2.38. The summed E-state index contributed by atoms with van der Waals surface area (Å²) in [5.41, 5.74) is 4.18. The Hall–Kier alpha value is -4.60. The Kier molecular flexibility index (Phi) is 9.94. The van der Waals surface area contributed by atoms with E-state index < -0.39 is 24.3 Å². The Labute approximate surface area is 227 Å². The topological polar surface area (TPSA) is 134 Å². The summed E-state index contributed by atoms with van der Waals surface area (Å²) in [5.74, 6) is -4.21. The number of aromatic nitrogens is 5. The Balaban J connectivity index is 0.000000276. The summed E-state index contributed by atoms with van der Waals surface area (Å²) in [6.07, 6.45) is -1.55. The summed E-state index contributed by atoms with van der Waals surface area (Å²) in [6, 6.07) is 14.2. The van der Waals surface area contributed by atoms with E-state index in [1.807, 2.05) is 47.4 Å². The van der Waals surface area contributed by atoms with Crippen LogP contribution < -0.4 is 0 Å². The molecule has 0 aliphatic carbocycles. The third-order valence-corrected chi connectivity index (χ3v) is 5.58. The predicted octanol–water partition coefficient (Wildman–Crippen LogP) is 4.44. The van der Waals surface area contributed by atoms with Crippen LogP contribution in [0.3, 0.4) is 0 Å². The lowest BCUT2D eigenvalue weighted by molar-refractivity contribution is -0.193. The number of hydrogen-bond acceptors (Lipinski definition) is 7. The molecule has 4 aromatic rings. The molecule has 1 saturated heterocycles. The van der Waals surface area contributed by atoms with Gasteiger partial charge in [-0.3, -0.25) is 14.9 Å². The molecular weight excluding hydrogens is 562 g/mol. The van der Waals surface area contributed by atoms with Gasteiger partial charge in [-0.05, 0) is 43.3 Å². The minimum atomic E-state index is -5.08. The van der Waals surface area contributed by atoms with E-state index in [2.05, 4.69) is 33.1 Å². The van der Waals surface area contributed by atoms with Crippen molar-refractivity contribution in [2.45, 2.75) is 31.2 Å². The van der Waals surface area contributed by atoms with Crippen LogP contribution in [0.25, 0.3) is 16.8 Å². The molecule has 0 saturated carbocycles. The molecule has 5 rings (SSSR count). The van der Waals surface area contributed by atoms with E-state index in [-0.39, 0.29) is 0 Å². The van der Waals surface area contributed by atoms with Crippen LogP contribution in [0.1, 0.15) is 23.9 Å². The van der Waals surface area contributed by atoms with E-state index in [1.54, 1.807) is 6.20 Å². The number of hydrogen-bond donors (Lipinski definition) is 2.